The van der Waals surface area contributed by atoms with E-state index in [9.17, 15) is 9.59 Å². The van der Waals surface area contributed by atoms with Crippen LogP contribution in [0.2, 0.25) is 0 Å². The first-order chi connectivity index (χ1) is 13.7. The molecule has 0 atom stereocenters. The Labute approximate surface area is 174 Å². The second-order valence-electron chi connectivity index (χ2n) is 7.89. The number of rotatable bonds is 21. The van der Waals surface area contributed by atoms with Crippen LogP contribution in [0.15, 0.2) is 0 Å². The van der Waals surface area contributed by atoms with Crippen LogP contribution in [0.4, 0.5) is 0 Å². The monoisotopic (exact) mass is 398 g/mol. The predicted molar refractivity (Wildman–Crippen MR) is 116 cm³/mol. The minimum absolute atomic E-state index is 0.196. The average Bonchev–Trinajstić information content (AvgIpc) is 2.69. The van der Waals surface area contributed by atoms with Gasteiger partial charge in [-0.25, -0.2) is 0 Å². The van der Waals surface area contributed by atoms with Gasteiger partial charge in [-0.3, -0.25) is 9.59 Å². The quantitative estimate of drug-likeness (QED) is 0.152. The highest BCUT2D eigenvalue weighted by Gasteiger charge is 2.06. The first-order valence-electron chi connectivity index (χ1n) is 12.0. The highest BCUT2D eigenvalue weighted by molar-refractivity contribution is 5.72. The number of carbonyl (C=O) groups is 2. The minimum Gasteiger partial charge on any atom is -0.466 e. The summed E-state index contributed by atoms with van der Waals surface area (Å²) in [4.78, 5) is 22.9. The molecule has 28 heavy (non-hydrogen) atoms. The van der Waals surface area contributed by atoms with E-state index < -0.39 is 0 Å². The summed E-state index contributed by atoms with van der Waals surface area (Å²) in [6, 6.07) is 0. The maximum absolute atomic E-state index is 11.6. The molecule has 4 nitrogen and oxygen atoms in total. The van der Waals surface area contributed by atoms with Gasteiger partial charge in [0.15, 0.2) is 0 Å². The van der Waals surface area contributed by atoms with Crippen LogP contribution < -0.4 is 0 Å². The normalized spacial score (nSPS) is 10.8. The van der Waals surface area contributed by atoms with E-state index in [0.29, 0.717) is 32.5 Å². The van der Waals surface area contributed by atoms with Crippen molar-refractivity contribution < 1.29 is 19.1 Å². The number of esters is 2. The van der Waals surface area contributed by atoms with Gasteiger partial charge < -0.3 is 9.47 Å². The summed E-state index contributed by atoms with van der Waals surface area (Å²) >= 11 is 0. The zero-order chi connectivity index (χ0) is 20.7. The standard InChI is InChI=1S/C24H46O4/c1-3-5-6-7-8-9-10-11-12-13-14-15-16-17-22-28-24(26)20-18-19-23(25)27-21-4-2/h3-22H2,1-2H3. The lowest BCUT2D eigenvalue weighted by Crippen LogP contribution is -2.09. The average molecular weight is 399 g/mol. The van der Waals surface area contributed by atoms with Crippen LogP contribution in [0.25, 0.3) is 0 Å². The molecule has 0 bridgehead atoms. The molecule has 4 heteroatoms. The fourth-order valence-electron chi connectivity index (χ4n) is 3.22. The van der Waals surface area contributed by atoms with Crippen LogP contribution in [0.5, 0.6) is 0 Å². The zero-order valence-corrected chi connectivity index (χ0v) is 18.8. The third-order valence-corrected chi connectivity index (χ3v) is 4.99. The molecule has 0 aliphatic heterocycles. The summed E-state index contributed by atoms with van der Waals surface area (Å²) in [5, 5.41) is 0. The number of unbranched alkanes of at least 4 members (excludes halogenated alkanes) is 13. The molecule has 0 aromatic carbocycles. The summed E-state index contributed by atoms with van der Waals surface area (Å²) in [5.41, 5.74) is 0. The summed E-state index contributed by atoms with van der Waals surface area (Å²) in [5.74, 6) is -0.417. The minimum atomic E-state index is -0.221. The molecule has 0 heterocycles. The number of hydrogen-bond acceptors (Lipinski definition) is 4. The number of carbonyl (C=O) groups excluding carboxylic acids is 2. The van der Waals surface area contributed by atoms with Crippen LogP contribution in [0, 0.1) is 0 Å². The van der Waals surface area contributed by atoms with Crippen LogP contribution in [-0.2, 0) is 19.1 Å². The van der Waals surface area contributed by atoms with Crippen molar-refractivity contribution in [2.75, 3.05) is 13.2 Å². The first-order valence-corrected chi connectivity index (χ1v) is 12.0. The second kappa shape index (κ2) is 22.2. The molecule has 0 amide bonds. The number of ether oxygens (including phenoxy) is 2. The summed E-state index contributed by atoms with van der Waals surface area (Å²) in [6.45, 7) is 5.20. The van der Waals surface area contributed by atoms with E-state index in [1.54, 1.807) is 0 Å². The zero-order valence-electron chi connectivity index (χ0n) is 18.8. The maximum Gasteiger partial charge on any atom is 0.305 e. The molecule has 0 spiro atoms. The van der Waals surface area contributed by atoms with Crippen molar-refractivity contribution in [3.63, 3.8) is 0 Å². The Bertz CT molecular complexity index is 355. The molecule has 0 fully saturated rings. The summed E-state index contributed by atoms with van der Waals surface area (Å²) in [7, 11) is 0. The van der Waals surface area contributed by atoms with Gasteiger partial charge in [-0.2, -0.15) is 0 Å². The smallest absolute Gasteiger partial charge is 0.305 e. The molecule has 0 unspecified atom stereocenters. The van der Waals surface area contributed by atoms with Crippen molar-refractivity contribution in [2.45, 2.75) is 129 Å². The van der Waals surface area contributed by atoms with Gasteiger partial charge in [0.05, 0.1) is 13.2 Å². The van der Waals surface area contributed by atoms with E-state index in [0.717, 1.165) is 19.3 Å². The maximum atomic E-state index is 11.6. The SMILES string of the molecule is CCCCCCCCCCCCCCCCOC(=O)CCCC(=O)OCCC. The first kappa shape index (κ1) is 26.9. The van der Waals surface area contributed by atoms with Gasteiger partial charge in [-0.1, -0.05) is 97.3 Å². The highest BCUT2D eigenvalue weighted by atomic mass is 16.5. The molecule has 0 saturated heterocycles. The third-order valence-electron chi connectivity index (χ3n) is 4.99. The molecule has 0 aliphatic rings. The molecule has 0 aromatic rings. The summed E-state index contributed by atoms with van der Waals surface area (Å²) < 4.78 is 10.2. The van der Waals surface area contributed by atoms with Crippen molar-refractivity contribution in [3.05, 3.63) is 0 Å². The topological polar surface area (TPSA) is 52.6 Å². The molecule has 0 radical (unpaired) electrons. The highest BCUT2D eigenvalue weighted by Crippen LogP contribution is 2.13. The van der Waals surface area contributed by atoms with E-state index in [4.69, 9.17) is 9.47 Å². The molecule has 0 N–H and O–H groups in total. The third kappa shape index (κ3) is 21.2. The molecule has 0 aliphatic carbocycles. The van der Waals surface area contributed by atoms with Gasteiger partial charge in [0.25, 0.3) is 0 Å². The lowest BCUT2D eigenvalue weighted by molar-refractivity contribution is -0.145. The fourth-order valence-corrected chi connectivity index (χ4v) is 3.22. The Morgan fingerprint density at radius 3 is 1.29 bits per heavy atom. The van der Waals surface area contributed by atoms with E-state index >= 15 is 0 Å². The largest absolute Gasteiger partial charge is 0.466 e. The van der Waals surface area contributed by atoms with Gasteiger partial charge in [0.2, 0.25) is 0 Å². The Hall–Kier alpha value is -1.06. The second-order valence-corrected chi connectivity index (χ2v) is 7.89. The molecule has 0 saturated carbocycles. The van der Waals surface area contributed by atoms with Crippen molar-refractivity contribution in [1.82, 2.24) is 0 Å². The van der Waals surface area contributed by atoms with Gasteiger partial charge in [-0.15, -0.1) is 0 Å². The van der Waals surface area contributed by atoms with Crippen molar-refractivity contribution in [3.8, 4) is 0 Å². The van der Waals surface area contributed by atoms with Crippen molar-refractivity contribution >= 4 is 11.9 Å². The van der Waals surface area contributed by atoms with Crippen molar-refractivity contribution in [1.29, 1.82) is 0 Å². The Morgan fingerprint density at radius 2 is 0.857 bits per heavy atom. The predicted octanol–water partition coefficient (Wildman–Crippen LogP) is 7.13. The van der Waals surface area contributed by atoms with Crippen LogP contribution in [0.3, 0.4) is 0 Å². The Balaban J connectivity index is 3.20. The van der Waals surface area contributed by atoms with Gasteiger partial charge in [0, 0.05) is 12.8 Å². The fraction of sp³-hybridized carbons (Fsp3) is 0.917. The lowest BCUT2D eigenvalue weighted by atomic mass is 10.0. The van der Waals surface area contributed by atoms with E-state index in [-0.39, 0.29) is 11.9 Å². The lowest BCUT2D eigenvalue weighted by Gasteiger charge is -2.06. The summed E-state index contributed by atoms with van der Waals surface area (Å²) in [6.07, 6.45) is 20.4. The van der Waals surface area contributed by atoms with Crippen LogP contribution in [0.1, 0.15) is 129 Å². The molecular weight excluding hydrogens is 352 g/mol. The van der Waals surface area contributed by atoms with Gasteiger partial charge >= 0.3 is 11.9 Å². The van der Waals surface area contributed by atoms with E-state index in [1.807, 2.05) is 6.92 Å². The molecule has 166 valence electrons. The van der Waals surface area contributed by atoms with Crippen molar-refractivity contribution in [2.24, 2.45) is 0 Å². The van der Waals surface area contributed by atoms with E-state index in [2.05, 4.69) is 6.92 Å². The Morgan fingerprint density at radius 1 is 0.464 bits per heavy atom. The van der Waals surface area contributed by atoms with Crippen LogP contribution >= 0.6 is 0 Å². The molecular formula is C24H46O4. The number of hydrogen-bond donors (Lipinski definition) is 0. The van der Waals surface area contributed by atoms with E-state index in [1.165, 1.54) is 77.0 Å². The Kier molecular flexibility index (Phi) is 21.4. The van der Waals surface area contributed by atoms with Crippen LogP contribution in [-0.4, -0.2) is 25.2 Å². The van der Waals surface area contributed by atoms with Gasteiger partial charge in [0.1, 0.15) is 0 Å². The molecule has 0 rings (SSSR count). The van der Waals surface area contributed by atoms with Gasteiger partial charge in [-0.05, 0) is 19.3 Å². The molecule has 0 aromatic heterocycles.